The average molecular weight is 475 g/mol. The minimum Gasteiger partial charge on any atom is -0.490 e. The van der Waals surface area contributed by atoms with E-state index in [0.29, 0.717) is 28.6 Å². The van der Waals surface area contributed by atoms with Crippen LogP contribution < -0.4 is 14.8 Å². The summed E-state index contributed by atoms with van der Waals surface area (Å²) in [6, 6.07) is 11.3. The molecule has 3 rings (SSSR count). The predicted molar refractivity (Wildman–Crippen MR) is 122 cm³/mol. The summed E-state index contributed by atoms with van der Waals surface area (Å²) in [5, 5.41) is 2.50. The molecule has 0 spiro atoms. The molecule has 1 fully saturated rings. The van der Waals surface area contributed by atoms with Crippen molar-refractivity contribution in [3.63, 3.8) is 0 Å². The fourth-order valence-corrected chi connectivity index (χ4v) is 3.85. The van der Waals surface area contributed by atoms with Gasteiger partial charge in [0, 0.05) is 17.6 Å². The van der Waals surface area contributed by atoms with Crippen LogP contribution in [0.3, 0.4) is 0 Å². The Hall–Kier alpha value is -3.30. The van der Waals surface area contributed by atoms with Crippen LogP contribution in [0.4, 0.5) is 10.5 Å². The minimum absolute atomic E-state index is 0.160. The Morgan fingerprint density at radius 3 is 2.62 bits per heavy atom. The molecule has 0 bridgehead atoms. The quantitative estimate of drug-likeness (QED) is 0.362. The van der Waals surface area contributed by atoms with Gasteiger partial charge in [-0.05, 0) is 60.7 Å². The third-order valence-electron chi connectivity index (χ3n) is 4.10. The topological polar surface area (TPSA) is 102 Å². The third kappa shape index (κ3) is 5.89. The number of hydrogen-bond acceptors (Lipinski definition) is 7. The Bertz CT molecular complexity index is 1120. The first-order valence-electron chi connectivity index (χ1n) is 9.53. The zero-order valence-corrected chi connectivity index (χ0v) is 18.8. The molecule has 1 aliphatic rings. The summed E-state index contributed by atoms with van der Waals surface area (Å²) in [6.07, 6.45) is 1.51. The Balaban J connectivity index is 1.74. The molecule has 3 amide bonds. The van der Waals surface area contributed by atoms with Gasteiger partial charge in [0.1, 0.15) is 6.54 Å². The maximum absolute atomic E-state index is 12.7. The number of nitrogens with one attached hydrogen (secondary N) is 1. The Kier molecular flexibility index (Phi) is 7.55. The molecule has 1 heterocycles. The number of hydrogen-bond donors (Lipinski definition) is 1. The molecule has 8 nitrogen and oxygen atoms in total. The molecule has 10 heteroatoms. The number of anilines is 1. The van der Waals surface area contributed by atoms with Crippen molar-refractivity contribution in [1.82, 2.24) is 4.90 Å². The molecule has 1 saturated heterocycles. The fraction of sp³-hybridized carbons (Fsp3) is 0.182. The number of halogens is 1. The van der Waals surface area contributed by atoms with E-state index in [1.807, 2.05) is 0 Å². The molecule has 0 aromatic heterocycles. The number of carbonyl (C=O) groups excluding carboxylic acids is 4. The first-order valence-corrected chi connectivity index (χ1v) is 10.7. The molecular formula is C22H19ClN2O6S. The van der Waals surface area contributed by atoms with Gasteiger partial charge in [-0.1, -0.05) is 23.7 Å². The second-order valence-electron chi connectivity index (χ2n) is 6.56. The lowest BCUT2D eigenvalue weighted by atomic mass is 10.2. The lowest BCUT2D eigenvalue weighted by molar-refractivity contribution is -0.132. The van der Waals surface area contributed by atoms with Gasteiger partial charge in [-0.25, -0.2) is 0 Å². The average Bonchev–Trinajstić information content (AvgIpc) is 2.97. The Morgan fingerprint density at radius 1 is 1.16 bits per heavy atom. The first kappa shape index (κ1) is 23.4. The highest BCUT2D eigenvalue weighted by Crippen LogP contribution is 2.34. The van der Waals surface area contributed by atoms with Gasteiger partial charge < -0.3 is 14.8 Å². The van der Waals surface area contributed by atoms with E-state index < -0.39 is 29.6 Å². The maximum Gasteiger partial charge on any atom is 0.308 e. The van der Waals surface area contributed by atoms with Gasteiger partial charge in [0.25, 0.3) is 11.1 Å². The summed E-state index contributed by atoms with van der Waals surface area (Å²) in [5.41, 5.74) is 1.03. The van der Waals surface area contributed by atoms with Crippen LogP contribution in [-0.2, 0) is 14.4 Å². The van der Waals surface area contributed by atoms with Crippen molar-refractivity contribution in [1.29, 1.82) is 0 Å². The molecule has 0 aliphatic carbocycles. The summed E-state index contributed by atoms with van der Waals surface area (Å²) < 4.78 is 10.6. The number of nitrogens with zero attached hydrogens (tertiary/aromatic N) is 1. The van der Waals surface area contributed by atoms with Crippen molar-refractivity contribution in [2.75, 3.05) is 18.5 Å². The lowest BCUT2D eigenvalue weighted by Gasteiger charge is -2.12. The van der Waals surface area contributed by atoms with Crippen molar-refractivity contribution >= 4 is 58.1 Å². The number of imide groups is 1. The number of benzene rings is 2. The molecular weight excluding hydrogens is 456 g/mol. The van der Waals surface area contributed by atoms with Crippen LogP contribution in [-0.4, -0.2) is 41.1 Å². The van der Waals surface area contributed by atoms with Gasteiger partial charge in [0.05, 0.1) is 11.5 Å². The van der Waals surface area contributed by atoms with Gasteiger partial charge in [0.15, 0.2) is 11.5 Å². The first-order chi connectivity index (χ1) is 15.3. The molecule has 2 aromatic rings. The van der Waals surface area contributed by atoms with E-state index in [0.717, 1.165) is 16.7 Å². The molecule has 0 saturated carbocycles. The molecule has 32 heavy (non-hydrogen) atoms. The van der Waals surface area contributed by atoms with Gasteiger partial charge in [-0.2, -0.15) is 0 Å². The largest absolute Gasteiger partial charge is 0.490 e. The van der Waals surface area contributed by atoms with E-state index in [4.69, 9.17) is 21.1 Å². The van der Waals surface area contributed by atoms with Crippen LogP contribution in [0.1, 0.15) is 19.4 Å². The number of rotatable bonds is 7. The van der Waals surface area contributed by atoms with E-state index in [9.17, 15) is 19.2 Å². The van der Waals surface area contributed by atoms with Crippen molar-refractivity contribution in [2.45, 2.75) is 13.8 Å². The van der Waals surface area contributed by atoms with Crippen LogP contribution in [0, 0.1) is 0 Å². The van der Waals surface area contributed by atoms with E-state index in [1.54, 1.807) is 49.4 Å². The van der Waals surface area contributed by atoms with Gasteiger partial charge in [-0.3, -0.25) is 24.1 Å². The highest BCUT2D eigenvalue weighted by Gasteiger charge is 2.36. The van der Waals surface area contributed by atoms with Gasteiger partial charge in [-0.15, -0.1) is 0 Å². The molecule has 1 N–H and O–H groups in total. The van der Waals surface area contributed by atoms with E-state index in [-0.39, 0.29) is 10.7 Å². The van der Waals surface area contributed by atoms with Crippen LogP contribution in [0.15, 0.2) is 47.4 Å². The minimum atomic E-state index is -0.580. The smallest absolute Gasteiger partial charge is 0.308 e. The summed E-state index contributed by atoms with van der Waals surface area (Å²) in [4.78, 5) is 49.6. The van der Waals surface area contributed by atoms with Crippen LogP contribution in [0.5, 0.6) is 11.5 Å². The lowest BCUT2D eigenvalue weighted by Crippen LogP contribution is -2.36. The third-order valence-corrected chi connectivity index (χ3v) is 5.25. The normalized spacial score (nSPS) is 14.6. The van der Waals surface area contributed by atoms with Crippen molar-refractivity contribution < 1.29 is 28.7 Å². The second kappa shape index (κ2) is 10.3. The fourth-order valence-electron chi connectivity index (χ4n) is 2.82. The van der Waals surface area contributed by atoms with Crippen molar-refractivity contribution in [2.24, 2.45) is 0 Å². The number of esters is 1. The van der Waals surface area contributed by atoms with Gasteiger partial charge in [0.2, 0.25) is 5.91 Å². The summed E-state index contributed by atoms with van der Waals surface area (Å²) in [6.45, 7) is 2.98. The van der Waals surface area contributed by atoms with Crippen molar-refractivity contribution in [3.05, 3.63) is 58.0 Å². The van der Waals surface area contributed by atoms with E-state index >= 15 is 0 Å². The Labute approximate surface area is 193 Å². The standard InChI is InChI=1S/C22H19ClN2O6S/c1-3-30-18-9-14(7-8-17(18)31-13(2)26)10-19-21(28)25(22(29)32-19)12-20(27)24-16-6-4-5-15(23)11-16/h4-11H,3,12H2,1-2H3,(H,24,27)/b19-10+. The molecule has 1 aliphatic heterocycles. The van der Waals surface area contributed by atoms with E-state index in [1.165, 1.54) is 13.0 Å². The zero-order valence-electron chi connectivity index (χ0n) is 17.2. The maximum atomic E-state index is 12.7. The number of amides is 3. The zero-order chi connectivity index (χ0) is 23.3. The molecule has 0 radical (unpaired) electrons. The highest BCUT2D eigenvalue weighted by molar-refractivity contribution is 8.18. The molecule has 0 atom stereocenters. The summed E-state index contributed by atoms with van der Waals surface area (Å²) in [5.74, 6) is -1.02. The highest BCUT2D eigenvalue weighted by atomic mass is 35.5. The molecule has 166 valence electrons. The van der Waals surface area contributed by atoms with Crippen LogP contribution in [0.2, 0.25) is 5.02 Å². The molecule has 0 unspecified atom stereocenters. The Morgan fingerprint density at radius 2 is 1.94 bits per heavy atom. The second-order valence-corrected chi connectivity index (χ2v) is 7.99. The van der Waals surface area contributed by atoms with Crippen LogP contribution >= 0.6 is 23.4 Å². The SMILES string of the molecule is CCOc1cc(/C=C2/SC(=O)N(CC(=O)Nc3cccc(Cl)c3)C2=O)ccc1OC(C)=O. The van der Waals surface area contributed by atoms with Crippen molar-refractivity contribution in [3.8, 4) is 11.5 Å². The number of thioether (sulfide) groups is 1. The number of ether oxygens (including phenoxy) is 2. The monoisotopic (exact) mass is 474 g/mol. The summed E-state index contributed by atoms with van der Waals surface area (Å²) in [7, 11) is 0. The summed E-state index contributed by atoms with van der Waals surface area (Å²) >= 11 is 6.62. The van der Waals surface area contributed by atoms with Crippen LogP contribution in [0.25, 0.3) is 6.08 Å². The van der Waals surface area contributed by atoms with E-state index in [2.05, 4.69) is 5.32 Å². The number of carbonyl (C=O) groups is 4. The van der Waals surface area contributed by atoms with Gasteiger partial charge >= 0.3 is 5.97 Å². The predicted octanol–water partition coefficient (Wildman–Crippen LogP) is 4.34. The molecule has 2 aromatic carbocycles.